The van der Waals surface area contributed by atoms with Crippen molar-refractivity contribution in [1.29, 1.82) is 0 Å². The third kappa shape index (κ3) is 4.08. The van der Waals surface area contributed by atoms with Crippen molar-refractivity contribution in [3.05, 3.63) is 30.3 Å². The number of carbonyl (C=O) groups excluding carboxylic acids is 1. The third-order valence-electron chi connectivity index (χ3n) is 4.03. The van der Waals surface area contributed by atoms with E-state index in [-0.39, 0.29) is 17.7 Å². The van der Waals surface area contributed by atoms with Crippen LogP contribution in [0.5, 0.6) is 0 Å². The van der Waals surface area contributed by atoms with Crippen molar-refractivity contribution in [1.82, 2.24) is 0 Å². The molecule has 0 spiro atoms. The SMILES string of the molecule is O=C(O)CC1(CC(=O)Nc2ccccc2)CCCCC1. The van der Waals surface area contributed by atoms with Crippen molar-refractivity contribution >= 4 is 17.6 Å². The fraction of sp³-hybridized carbons (Fsp3) is 0.500. The number of nitrogens with one attached hydrogen (secondary N) is 1. The van der Waals surface area contributed by atoms with E-state index in [1.807, 2.05) is 30.3 Å². The Labute approximate surface area is 119 Å². The zero-order valence-corrected chi connectivity index (χ0v) is 11.6. The van der Waals surface area contributed by atoms with Gasteiger partial charge in [-0.15, -0.1) is 0 Å². The molecule has 1 saturated carbocycles. The Morgan fingerprint density at radius 2 is 1.70 bits per heavy atom. The summed E-state index contributed by atoms with van der Waals surface area (Å²) in [6.07, 6.45) is 5.24. The standard InChI is InChI=1S/C16H21NO3/c18-14(17-13-7-3-1-4-8-13)11-16(12-15(19)20)9-5-2-6-10-16/h1,3-4,7-8H,2,5-6,9-12H2,(H,17,18)(H,19,20). The van der Waals surface area contributed by atoms with Crippen LogP contribution in [0.25, 0.3) is 0 Å². The van der Waals surface area contributed by atoms with E-state index in [9.17, 15) is 9.59 Å². The molecule has 0 heterocycles. The van der Waals surface area contributed by atoms with Crippen molar-refractivity contribution in [3.63, 3.8) is 0 Å². The highest BCUT2D eigenvalue weighted by atomic mass is 16.4. The Morgan fingerprint density at radius 3 is 2.30 bits per heavy atom. The van der Waals surface area contributed by atoms with Crippen molar-refractivity contribution in [3.8, 4) is 0 Å². The molecular formula is C16H21NO3. The van der Waals surface area contributed by atoms with E-state index >= 15 is 0 Å². The lowest BCUT2D eigenvalue weighted by atomic mass is 9.69. The normalized spacial score (nSPS) is 17.4. The number of amides is 1. The molecule has 1 aliphatic carbocycles. The van der Waals surface area contributed by atoms with Gasteiger partial charge in [0.1, 0.15) is 0 Å². The number of rotatable bonds is 5. The van der Waals surface area contributed by atoms with Gasteiger partial charge in [-0.2, -0.15) is 0 Å². The van der Waals surface area contributed by atoms with Crippen LogP contribution in [0.1, 0.15) is 44.9 Å². The Bertz CT molecular complexity index is 464. The summed E-state index contributed by atoms with van der Waals surface area (Å²) in [5.41, 5.74) is 0.405. The fourth-order valence-electron chi connectivity index (χ4n) is 3.11. The third-order valence-corrected chi connectivity index (χ3v) is 4.03. The average molecular weight is 275 g/mol. The number of hydrogen-bond acceptors (Lipinski definition) is 2. The number of benzene rings is 1. The molecule has 2 rings (SSSR count). The van der Waals surface area contributed by atoms with Gasteiger partial charge in [-0.05, 0) is 30.4 Å². The molecule has 0 atom stereocenters. The topological polar surface area (TPSA) is 66.4 Å². The lowest BCUT2D eigenvalue weighted by Crippen LogP contribution is -2.32. The van der Waals surface area contributed by atoms with Gasteiger partial charge < -0.3 is 10.4 Å². The van der Waals surface area contributed by atoms with Crippen molar-refractivity contribution in [2.45, 2.75) is 44.9 Å². The summed E-state index contributed by atoms with van der Waals surface area (Å²) >= 11 is 0. The first kappa shape index (κ1) is 14.6. The van der Waals surface area contributed by atoms with Gasteiger partial charge in [0.15, 0.2) is 0 Å². The van der Waals surface area contributed by atoms with Crippen LogP contribution in [0, 0.1) is 5.41 Å². The van der Waals surface area contributed by atoms with E-state index in [4.69, 9.17) is 5.11 Å². The van der Waals surface area contributed by atoms with Crippen molar-refractivity contribution < 1.29 is 14.7 Å². The number of aliphatic carboxylic acids is 1. The van der Waals surface area contributed by atoms with Gasteiger partial charge in [-0.1, -0.05) is 37.5 Å². The summed E-state index contributed by atoms with van der Waals surface area (Å²) in [5, 5.41) is 12.0. The smallest absolute Gasteiger partial charge is 0.303 e. The molecule has 1 aliphatic rings. The van der Waals surface area contributed by atoms with Crippen LogP contribution in [-0.4, -0.2) is 17.0 Å². The molecule has 20 heavy (non-hydrogen) atoms. The van der Waals surface area contributed by atoms with Gasteiger partial charge in [-0.25, -0.2) is 0 Å². The Hall–Kier alpha value is -1.84. The summed E-state index contributed by atoms with van der Waals surface area (Å²) in [6.45, 7) is 0. The number of para-hydroxylation sites is 1. The highest BCUT2D eigenvalue weighted by Crippen LogP contribution is 2.42. The first-order chi connectivity index (χ1) is 9.60. The quantitative estimate of drug-likeness (QED) is 0.865. The number of hydrogen-bond donors (Lipinski definition) is 2. The predicted molar refractivity (Wildman–Crippen MR) is 77.5 cm³/mol. The minimum absolute atomic E-state index is 0.0839. The lowest BCUT2D eigenvalue weighted by Gasteiger charge is -2.35. The molecule has 0 bridgehead atoms. The Balaban J connectivity index is 2.00. The second-order valence-corrected chi connectivity index (χ2v) is 5.72. The first-order valence-electron chi connectivity index (χ1n) is 7.16. The van der Waals surface area contributed by atoms with Gasteiger partial charge in [0.05, 0.1) is 6.42 Å². The Kier molecular flexibility index (Phi) is 4.77. The molecule has 1 fully saturated rings. The van der Waals surface area contributed by atoms with E-state index in [0.717, 1.165) is 37.8 Å². The number of carbonyl (C=O) groups is 2. The highest BCUT2D eigenvalue weighted by Gasteiger charge is 2.36. The van der Waals surface area contributed by atoms with Gasteiger partial charge >= 0.3 is 5.97 Å². The molecule has 0 unspecified atom stereocenters. The minimum atomic E-state index is -0.806. The zero-order chi connectivity index (χ0) is 14.4. The monoisotopic (exact) mass is 275 g/mol. The summed E-state index contributed by atoms with van der Waals surface area (Å²) in [7, 11) is 0. The second-order valence-electron chi connectivity index (χ2n) is 5.72. The van der Waals surface area contributed by atoms with Gasteiger partial charge in [-0.3, -0.25) is 9.59 Å². The maximum atomic E-state index is 12.2. The van der Waals surface area contributed by atoms with Crippen LogP contribution in [0.4, 0.5) is 5.69 Å². The van der Waals surface area contributed by atoms with Crippen LogP contribution in [0.15, 0.2) is 30.3 Å². The number of anilines is 1. The molecule has 1 aromatic carbocycles. The Morgan fingerprint density at radius 1 is 1.05 bits per heavy atom. The lowest BCUT2D eigenvalue weighted by molar-refractivity contribution is -0.140. The molecule has 2 N–H and O–H groups in total. The van der Waals surface area contributed by atoms with E-state index < -0.39 is 5.97 Å². The van der Waals surface area contributed by atoms with E-state index in [2.05, 4.69) is 5.32 Å². The molecule has 108 valence electrons. The molecule has 0 saturated heterocycles. The van der Waals surface area contributed by atoms with E-state index in [0.29, 0.717) is 6.42 Å². The van der Waals surface area contributed by atoms with Crippen LogP contribution in [0.2, 0.25) is 0 Å². The molecular weight excluding hydrogens is 254 g/mol. The molecule has 1 amide bonds. The van der Waals surface area contributed by atoms with Gasteiger partial charge in [0, 0.05) is 12.1 Å². The summed E-state index contributed by atoms with van der Waals surface area (Å²) in [6, 6.07) is 9.29. The maximum absolute atomic E-state index is 12.2. The molecule has 4 heteroatoms. The average Bonchev–Trinajstić information content (AvgIpc) is 2.39. The summed E-state index contributed by atoms with van der Waals surface area (Å²) in [5.74, 6) is -0.890. The molecule has 1 aromatic rings. The summed E-state index contributed by atoms with van der Waals surface area (Å²) < 4.78 is 0. The largest absolute Gasteiger partial charge is 0.481 e. The minimum Gasteiger partial charge on any atom is -0.481 e. The predicted octanol–water partition coefficient (Wildman–Crippen LogP) is 3.44. The summed E-state index contributed by atoms with van der Waals surface area (Å²) in [4.78, 5) is 23.2. The number of carboxylic acid groups (broad SMARTS) is 1. The molecule has 0 radical (unpaired) electrons. The highest BCUT2D eigenvalue weighted by molar-refractivity contribution is 5.91. The van der Waals surface area contributed by atoms with Crippen molar-refractivity contribution in [2.75, 3.05) is 5.32 Å². The second kappa shape index (κ2) is 6.55. The van der Waals surface area contributed by atoms with Crippen LogP contribution in [-0.2, 0) is 9.59 Å². The van der Waals surface area contributed by atoms with Gasteiger partial charge in [0.25, 0.3) is 0 Å². The molecule has 4 nitrogen and oxygen atoms in total. The molecule has 0 aliphatic heterocycles. The van der Waals surface area contributed by atoms with Crippen molar-refractivity contribution in [2.24, 2.45) is 5.41 Å². The van der Waals surface area contributed by atoms with Crippen LogP contribution < -0.4 is 5.32 Å². The number of carboxylic acids is 1. The van der Waals surface area contributed by atoms with E-state index in [1.54, 1.807) is 0 Å². The van der Waals surface area contributed by atoms with Crippen LogP contribution >= 0.6 is 0 Å². The van der Waals surface area contributed by atoms with Crippen LogP contribution in [0.3, 0.4) is 0 Å². The maximum Gasteiger partial charge on any atom is 0.303 e. The first-order valence-corrected chi connectivity index (χ1v) is 7.16. The fourth-order valence-corrected chi connectivity index (χ4v) is 3.11. The zero-order valence-electron chi connectivity index (χ0n) is 11.6. The van der Waals surface area contributed by atoms with E-state index in [1.165, 1.54) is 0 Å². The molecule has 0 aromatic heterocycles. The van der Waals surface area contributed by atoms with Gasteiger partial charge in [0.2, 0.25) is 5.91 Å².